The Morgan fingerprint density at radius 2 is 2.00 bits per heavy atom. The van der Waals surface area contributed by atoms with Crippen LogP contribution < -0.4 is 5.32 Å². The lowest BCUT2D eigenvalue weighted by Gasteiger charge is -2.35. The van der Waals surface area contributed by atoms with Crippen LogP contribution in [-0.2, 0) is 0 Å². The molecule has 0 amide bonds. The van der Waals surface area contributed by atoms with Crippen LogP contribution >= 0.6 is 0 Å². The van der Waals surface area contributed by atoms with Gasteiger partial charge in [0.1, 0.15) is 0 Å². The first-order chi connectivity index (χ1) is 9.12. The average Bonchev–Trinajstić information content (AvgIpc) is 2.65. The van der Waals surface area contributed by atoms with E-state index in [9.17, 15) is 8.78 Å². The van der Waals surface area contributed by atoms with Gasteiger partial charge in [-0.3, -0.25) is 0 Å². The van der Waals surface area contributed by atoms with Gasteiger partial charge in [-0.05, 0) is 51.0 Å². The number of hydrogen-bond donors (Lipinski definition) is 1. The Bertz CT molecular complexity index is 302. The summed E-state index contributed by atoms with van der Waals surface area (Å²) in [5.41, 5.74) is 1.49. The number of allylic oxidation sites excluding steroid dienone is 1. The number of likely N-dealkylation sites (N-methyl/N-ethyl adjacent to an activating group) is 1. The third kappa shape index (κ3) is 4.27. The average molecular weight is 271 g/mol. The van der Waals surface area contributed by atoms with Crippen LogP contribution in [0.3, 0.4) is 0 Å². The normalized spacial score (nSPS) is 26.6. The molecule has 0 aliphatic heterocycles. The zero-order valence-corrected chi connectivity index (χ0v) is 12.1. The van der Waals surface area contributed by atoms with E-state index in [2.05, 4.69) is 18.3 Å². The molecule has 2 aliphatic rings. The van der Waals surface area contributed by atoms with E-state index in [4.69, 9.17) is 0 Å². The maximum Gasteiger partial charge on any atom is 0.248 e. The van der Waals surface area contributed by atoms with Crippen molar-refractivity contribution in [3.05, 3.63) is 11.6 Å². The summed E-state index contributed by atoms with van der Waals surface area (Å²) < 4.78 is 26.6. The van der Waals surface area contributed by atoms with E-state index in [0.29, 0.717) is 24.8 Å². The zero-order valence-electron chi connectivity index (χ0n) is 12.1. The Balaban J connectivity index is 2.01. The molecular weight excluding hydrogens is 244 g/mol. The van der Waals surface area contributed by atoms with Gasteiger partial charge in [0.25, 0.3) is 0 Å². The monoisotopic (exact) mass is 271 g/mol. The predicted octanol–water partition coefficient (Wildman–Crippen LogP) is 4.68. The smallest absolute Gasteiger partial charge is 0.248 e. The Morgan fingerprint density at radius 1 is 1.26 bits per heavy atom. The van der Waals surface area contributed by atoms with Gasteiger partial charge < -0.3 is 5.32 Å². The van der Waals surface area contributed by atoms with Crippen molar-refractivity contribution in [2.75, 3.05) is 6.54 Å². The molecular formula is C16H27F2N. The molecule has 1 nitrogen and oxygen atoms in total. The molecule has 0 saturated heterocycles. The lowest BCUT2D eigenvalue weighted by Crippen LogP contribution is -2.41. The van der Waals surface area contributed by atoms with Gasteiger partial charge in [0.2, 0.25) is 5.92 Å². The summed E-state index contributed by atoms with van der Waals surface area (Å²) in [6, 6.07) is 0.346. The van der Waals surface area contributed by atoms with Gasteiger partial charge in [0.15, 0.2) is 0 Å². The number of halogens is 2. The van der Waals surface area contributed by atoms with E-state index < -0.39 is 5.92 Å². The van der Waals surface area contributed by atoms with Gasteiger partial charge in [-0.15, -0.1) is 0 Å². The molecule has 0 bridgehead atoms. The largest absolute Gasteiger partial charge is 0.310 e. The molecule has 0 aromatic heterocycles. The number of hydrogen-bond acceptors (Lipinski definition) is 1. The molecule has 3 heteroatoms. The first-order valence-electron chi connectivity index (χ1n) is 7.92. The molecule has 1 fully saturated rings. The van der Waals surface area contributed by atoms with Crippen molar-refractivity contribution in [2.24, 2.45) is 5.92 Å². The molecule has 1 saturated carbocycles. The quantitative estimate of drug-likeness (QED) is 0.732. The lowest BCUT2D eigenvalue weighted by atomic mass is 9.78. The third-order valence-corrected chi connectivity index (χ3v) is 4.63. The van der Waals surface area contributed by atoms with Crippen LogP contribution in [0.25, 0.3) is 0 Å². The SMILES string of the molecule is CCNC(C1=CCCCCC1)C1CCC(F)(F)CC1. The molecule has 1 unspecified atom stereocenters. The van der Waals surface area contributed by atoms with Crippen molar-refractivity contribution in [2.45, 2.75) is 76.7 Å². The first kappa shape index (κ1) is 15.0. The minimum absolute atomic E-state index is 0.0762. The van der Waals surface area contributed by atoms with E-state index in [-0.39, 0.29) is 12.8 Å². The number of alkyl halides is 2. The highest BCUT2D eigenvalue weighted by Gasteiger charge is 2.38. The molecule has 110 valence electrons. The second-order valence-electron chi connectivity index (χ2n) is 6.11. The van der Waals surface area contributed by atoms with Crippen LogP contribution in [0.2, 0.25) is 0 Å². The second kappa shape index (κ2) is 6.83. The molecule has 1 N–H and O–H groups in total. The van der Waals surface area contributed by atoms with Gasteiger partial charge in [-0.2, -0.15) is 0 Å². The van der Waals surface area contributed by atoms with Gasteiger partial charge >= 0.3 is 0 Å². The van der Waals surface area contributed by atoms with Gasteiger partial charge in [0.05, 0.1) is 0 Å². The molecule has 0 radical (unpaired) electrons. The van der Waals surface area contributed by atoms with Crippen LogP contribution in [0.1, 0.15) is 64.7 Å². The summed E-state index contributed by atoms with van der Waals surface area (Å²) in [5.74, 6) is -2.01. The summed E-state index contributed by atoms with van der Waals surface area (Å²) in [7, 11) is 0. The lowest BCUT2D eigenvalue weighted by molar-refractivity contribution is -0.0483. The second-order valence-corrected chi connectivity index (χ2v) is 6.11. The fourth-order valence-electron chi connectivity index (χ4n) is 3.54. The van der Waals surface area contributed by atoms with Crippen LogP contribution in [0.5, 0.6) is 0 Å². The first-order valence-corrected chi connectivity index (χ1v) is 7.92. The molecule has 1 atom stereocenters. The van der Waals surface area contributed by atoms with Crippen LogP contribution in [0, 0.1) is 5.92 Å². The summed E-state index contributed by atoms with van der Waals surface area (Å²) in [4.78, 5) is 0. The van der Waals surface area contributed by atoms with Crippen LogP contribution in [0.4, 0.5) is 8.78 Å². The van der Waals surface area contributed by atoms with E-state index in [1.165, 1.54) is 31.3 Å². The predicted molar refractivity (Wildman–Crippen MR) is 75.5 cm³/mol. The van der Waals surface area contributed by atoms with E-state index in [1.807, 2.05) is 0 Å². The van der Waals surface area contributed by atoms with Crippen molar-refractivity contribution in [1.29, 1.82) is 0 Å². The highest BCUT2D eigenvalue weighted by molar-refractivity contribution is 5.14. The molecule has 0 aromatic rings. The minimum atomic E-state index is -2.41. The molecule has 2 rings (SSSR count). The highest BCUT2D eigenvalue weighted by Crippen LogP contribution is 2.39. The van der Waals surface area contributed by atoms with E-state index in [0.717, 1.165) is 13.0 Å². The van der Waals surface area contributed by atoms with Crippen molar-refractivity contribution in [1.82, 2.24) is 5.32 Å². The number of rotatable bonds is 4. The molecule has 0 spiro atoms. The molecule has 0 heterocycles. The Hall–Kier alpha value is -0.440. The van der Waals surface area contributed by atoms with Crippen molar-refractivity contribution < 1.29 is 8.78 Å². The Kier molecular flexibility index (Phi) is 5.37. The van der Waals surface area contributed by atoms with Crippen LogP contribution in [0.15, 0.2) is 11.6 Å². The van der Waals surface area contributed by atoms with Gasteiger partial charge in [0, 0.05) is 18.9 Å². The zero-order chi connectivity index (χ0) is 13.7. The topological polar surface area (TPSA) is 12.0 Å². The fourth-order valence-corrected chi connectivity index (χ4v) is 3.54. The molecule has 2 aliphatic carbocycles. The van der Waals surface area contributed by atoms with Gasteiger partial charge in [-0.25, -0.2) is 8.78 Å². The Labute approximate surface area is 115 Å². The van der Waals surface area contributed by atoms with Crippen LogP contribution in [-0.4, -0.2) is 18.5 Å². The van der Waals surface area contributed by atoms with E-state index >= 15 is 0 Å². The van der Waals surface area contributed by atoms with Crippen molar-refractivity contribution in [3.8, 4) is 0 Å². The maximum atomic E-state index is 13.3. The van der Waals surface area contributed by atoms with Crippen molar-refractivity contribution >= 4 is 0 Å². The highest BCUT2D eigenvalue weighted by atomic mass is 19.3. The maximum absolute atomic E-state index is 13.3. The number of nitrogens with one attached hydrogen (secondary N) is 1. The standard InChI is InChI=1S/C16H27F2N/c1-2-19-15(13-7-5-3-4-6-8-13)14-9-11-16(17,18)12-10-14/h7,14-15,19H,2-6,8-12H2,1H3. The molecule has 0 aromatic carbocycles. The summed E-state index contributed by atoms with van der Waals surface area (Å²) >= 11 is 0. The summed E-state index contributed by atoms with van der Waals surface area (Å²) in [5, 5.41) is 3.56. The summed E-state index contributed by atoms with van der Waals surface area (Å²) in [6.07, 6.45) is 10.0. The third-order valence-electron chi connectivity index (χ3n) is 4.63. The van der Waals surface area contributed by atoms with Crippen molar-refractivity contribution in [3.63, 3.8) is 0 Å². The Morgan fingerprint density at radius 3 is 2.68 bits per heavy atom. The van der Waals surface area contributed by atoms with E-state index in [1.54, 1.807) is 0 Å². The molecule has 19 heavy (non-hydrogen) atoms. The van der Waals surface area contributed by atoms with Gasteiger partial charge in [-0.1, -0.05) is 25.0 Å². The minimum Gasteiger partial charge on any atom is -0.310 e. The summed E-state index contributed by atoms with van der Waals surface area (Å²) in [6.45, 7) is 3.04. The fraction of sp³-hybridized carbons (Fsp3) is 0.875.